The summed E-state index contributed by atoms with van der Waals surface area (Å²) in [7, 11) is 1.62. The molecule has 34 heavy (non-hydrogen) atoms. The molecule has 0 saturated carbocycles. The van der Waals surface area contributed by atoms with E-state index in [-0.39, 0.29) is 6.04 Å². The maximum absolute atomic E-state index is 13.1. The van der Waals surface area contributed by atoms with Gasteiger partial charge in [0, 0.05) is 12.6 Å². The number of ether oxygens (including phenoxy) is 4. The fourth-order valence-corrected chi connectivity index (χ4v) is 4.23. The van der Waals surface area contributed by atoms with Crippen LogP contribution in [0.5, 0.6) is 5.75 Å². The molecule has 7 nitrogen and oxygen atoms in total. The van der Waals surface area contributed by atoms with E-state index < -0.39 is 41.7 Å². The molecule has 0 unspecified atom stereocenters. The number of hydrogen-bond acceptors (Lipinski definition) is 7. The van der Waals surface area contributed by atoms with Gasteiger partial charge in [-0.15, -0.1) is 13.2 Å². The quantitative estimate of drug-likeness (QED) is 0.375. The molecule has 1 heterocycles. The van der Waals surface area contributed by atoms with Gasteiger partial charge < -0.3 is 24.1 Å². The summed E-state index contributed by atoms with van der Waals surface area (Å²) in [5.74, 6) is -0.859. The number of carbonyl (C=O) groups excluding carboxylic acids is 1. The number of carbonyl (C=O) groups is 1. The highest BCUT2D eigenvalue weighted by Gasteiger charge is 2.51. The van der Waals surface area contributed by atoms with Gasteiger partial charge in [-0.1, -0.05) is 24.3 Å². The lowest BCUT2D eigenvalue weighted by molar-refractivity contribution is -0.180. The lowest BCUT2D eigenvalue weighted by Crippen LogP contribution is -2.58. The van der Waals surface area contributed by atoms with Crippen molar-refractivity contribution in [1.29, 1.82) is 0 Å². The lowest BCUT2D eigenvalue weighted by Gasteiger charge is -2.42. The predicted octanol–water partition coefficient (Wildman–Crippen LogP) is 4.41. The SMILES string of the molecule is C=CCCN([C@@H]([C@@H]1OC(C)(C)O[C@H]1C=C)[C@@H](O)C(=O)OC(C)(C)C)[C@H](C)c1ccc(OC)cc1. The Balaban J connectivity index is 2.54. The summed E-state index contributed by atoms with van der Waals surface area (Å²) in [6.07, 6.45) is 1.46. The largest absolute Gasteiger partial charge is 0.497 e. The second-order valence-corrected chi connectivity index (χ2v) is 10.0. The molecule has 5 atom stereocenters. The van der Waals surface area contributed by atoms with Gasteiger partial charge in [-0.05, 0) is 65.7 Å². The molecule has 1 saturated heterocycles. The van der Waals surface area contributed by atoms with E-state index in [0.29, 0.717) is 13.0 Å². The number of rotatable bonds is 11. The van der Waals surface area contributed by atoms with Gasteiger partial charge in [0.2, 0.25) is 0 Å². The van der Waals surface area contributed by atoms with Crippen molar-refractivity contribution in [3.8, 4) is 5.75 Å². The Hall–Kier alpha value is -2.19. The Morgan fingerprint density at radius 1 is 1.24 bits per heavy atom. The summed E-state index contributed by atoms with van der Waals surface area (Å²) in [5.41, 5.74) is 0.250. The van der Waals surface area contributed by atoms with E-state index in [2.05, 4.69) is 18.1 Å². The van der Waals surface area contributed by atoms with Crippen molar-refractivity contribution in [2.24, 2.45) is 0 Å². The summed E-state index contributed by atoms with van der Waals surface area (Å²) in [6.45, 7) is 19.2. The highest BCUT2D eigenvalue weighted by Crippen LogP contribution is 2.37. The standard InChI is InChI=1S/C27H41NO6/c1-10-12-17-28(18(3)19-13-15-20(31-9)16-14-19)22(23(29)25(30)34-26(4,5)6)24-21(11-2)32-27(7,8)33-24/h10-11,13-16,18,21-24,29H,1-2,12,17H2,3-9H3/t18-,21+,22-,23-,24-/m1/s1. The number of benzene rings is 1. The molecule has 2 rings (SSSR count). The average molecular weight is 476 g/mol. The van der Waals surface area contributed by atoms with Gasteiger partial charge in [-0.25, -0.2) is 4.79 Å². The Bertz CT molecular complexity index is 829. The third-order valence-electron chi connectivity index (χ3n) is 5.77. The maximum atomic E-state index is 13.1. The summed E-state index contributed by atoms with van der Waals surface area (Å²) in [5, 5.41) is 11.4. The van der Waals surface area contributed by atoms with Crippen LogP contribution in [-0.4, -0.2) is 65.4 Å². The van der Waals surface area contributed by atoms with Crippen molar-refractivity contribution in [3.63, 3.8) is 0 Å². The monoisotopic (exact) mass is 475 g/mol. The number of hydrogen-bond donors (Lipinski definition) is 1. The number of aliphatic hydroxyl groups is 1. The van der Waals surface area contributed by atoms with E-state index in [0.717, 1.165) is 11.3 Å². The molecule has 1 aromatic carbocycles. The van der Waals surface area contributed by atoms with Crippen molar-refractivity contribution in [1.82, 2.24) is 4.90 Å². The van der Waals surface area contributed by atoms with Crippen molar-refractivity contribution < 1.29 is 28.8 Å². The van der Waals surface area contributed by atoms with Gasteiger partial charge in [-0.3, -0.25) is 4.90 Å². The Morgan fingerprint density at radius 2 is 1.85 bits per heavy atom. The Kier molecular flexibility index (Phi) is 9.48. The molecule has 190 valence electrons. The van der Waals surface area contributed by atoms with E-state index >= 15 is 0 Å². The molecule has 0 radical (unpaired) electrons. The van der Waals surface area contributed by atoms with Crippen LogP contribution in [0.15, 0.2) is 49.6 Å². The predicted molar refractivity (Wildman–Crippen MR) is 133 cm³/mol. The lowest BCUT2D eigenvalue weighted by atomic mass is 9.94. The second kappa shape index (κ2) is 11.5. The van der Waals surface area contributed by atoms with Crippen LogP contribution < -0.4 is 4.74 Å². The van der Waals surface area contributed by atoms with Crippen molar-refractivity contribution in [2.75, 3.05) is 13.7 Å². The topological polar surface area (TPSA) is 77.5 Å². The van der Waals surface area contributed by atoms with Gasteiger partial charge in [0.05, 0.1) is 13.2 Å². The smallest absolute Gasteiger partial charge is 0.337 e. The summed E-state index contributed by atoms with van der Waals surface area (Å²) >= 11 is 0. The first-order valence-corrected chi connectivity index (χ1v) is 11.7. The van der Waals surface area contributed by atoms with Crippen LogP contribution in [0.3, 0.4) is 0 Å². The molecular formula is C27H41NO6. The van der Waals surface area contributed by atoms with Crippen molar-refractivity contribution >= 4 is 5.97 Å². The van der Waals surface area contributed by atoms with Crippen LogP contribution >= 0.6 is 0 Å². The first-order chi connectivity index (χ1) is 15.8. The zero-order valence-corrected chi connectivity index (χ0v) is 21.6. The van der Waals surface area contributed by atoms with Gasteiger partial charge in [0.1, 0.15) is 23.6 Å². The van der Waals surface area contributed by atoms with Gasteiger partial charge >= 0.3 is 5.97 Å². The molecule has 0 aliphatic carbocycles. The third-order valence-corrected chi connectivity index (χ3v) is 5.77. The molecule has 1 aromatic rings. The summed E-state index contributed by atoms with van der Waals surface area (Å²) < 4.78 is 23.1. The second-order valence-electron chi connectivity index (χ2n) is 10.0. The van der Waals surface area contributed by atoms with E-state index in [1.54, 1.807) is 47.8 Å². The Morgan fingerprint density at radius 3 is 2.35 bits per heavy atom. The Labute approximate surface area is 204 Å². The molecule has 0 amide bonds. The fourth-order valence-electron chi connectivity index (χ4n) is 4.23. The van der Waals surface area contributed by atoms with E-state index in [1.165, 1.54) is 0 Å². The highest BCUT2D eigenvalue weighted by molar-refractivity contribution is 5.76. The maximum Gasteiger partial charge on any atom is 0.337 e. The van der Waals surface area contributed by atoms with Crippen LogP contribution in [0.2, 0.25) is 0 Å². The summed E-state index contributed by atoms with van der Waals surface area (Å²) in [4.78, 5) is 15.1. The molecule has 1 fully saturated rings. The zero-order valence-electron chi connectivity index (χ0n) is 21.6. The molecular weight excluding hydrogens is 434 g/mol. The van der Waals surface area contributed by atoms with Crippen LogP contribution in [0.4, 0.5) is 0 Å². The fraction of sp³-hybridized carbons (Fsp3) is 0.593. The van der Waals surface area contributed by atoms with Gasteiger partial charge in [-0.2, -0.15) is 0 Å². The minimum absolute atomic E-state index is 0.175. The molecule has 0 bridgehead atoms. The number of methoxy groups -OCH3 is 1. The van der Waals surface area contributed by atoms with Crippen LogP contribution in [0.1, 0.15) is 59.6 Å². The minimum Gasteiger partial charge on any atom is -0.497 e. The van der Waals surface area contributed by atoms with Crippen molar-refractivity contribution in [3.05, 3.63) is 55.1 Å². The molecule has 0 spiro atoms. The van der Waals surface area contributed by atoms with Crippen LogP contribution in [-0.2, 0) is 19.0 Å². The van der Waals surface area contributed by atoms with E-state index in [1.807, 2.05) is 37.3 Å². The first-order valence-electron chi connectivity index (χ1n) is 11.7. The number of aliphatic hydroxyl groups excluding tert-OH is 1. The minimum atomic E-state index is -1.48. The summed E-state index contributed by atoms with van der Waals surface area (Å²) in [6, 6.07) is 6.79. The number of nitrogens with zero attached hydrogens (tertiary/aromatic N) is 1. The van der Waals surface area contributed by atoms with Gasteiger partial charge in [0.25, 0.3) is 0 Å². The zero-order chi connectivity index (χ0) is 25.7. The van der Waals surface area contributed by atoms with E-state index in [4.69, 9.17) is 18.9 Å². The van der Waals surface area contributed by atoms with E-state index in [9.17, 15) is 9.90 Å². The molecule has 1 aliphatic rings. The first kappa shape index (κ1) is 28.1. The average Bonchev–Trinajstić information content (AvgIpc) is 3.08. The van der Waals surface area contributed by atoms with Gasteiger partial charge in [0.15, 0.2) is 11.9 Å². The molecule has 1 aliphatic heterocycles. The highest BCUT2D eigenvalue weighted by atomic mass is 16.8. The molecule has 0 aromatic heterocycles. The van der Waals surface area contributed by atoms with Crippen molar-refractivity contribution in [2.45, 2.75) is 89.7 Å². The van der Waals surface area contributed by atoms with Crippen LogP contribution in [0, 0.1) is 0 Å². The third kappa shape index (κ3) is 7.15. The normalized spacial score (nSPS) is 22.6. The molecule has 7 heteroatoms. The number of esters is 1. The van der Waals surface area contributed by atoms with Crippen LogP contribution in [0.25, 0.3) is 0 Å². The molecule has 1 N–H and O–H groups in total.